The SMILES string of the molecule is C=N/C(=N\C=C(/C)C(=O)NO)NC1(c2ccccc2)CCC(F)(F)CC1. The minimum Gasteiger partial charge on any atom is -0.345 e. The lowest BCUT2D eigenvalue weighted by molar-refractivity contribution is -0.125. The van der Waals surface area contributed by atoms with Crippen molar-refractivity contribution in [2.24, 2.45) is 9.98 Å². The number of hydroxylamine groups is 1. The van der Waals surface area contributed by atoms with Crippen LogP contribution in [0.4, 0.5) is 8.78 Å². The van der Waals surface area contributed by atoms with Crippen LogP contribution in [0.5, 0.6) is 0 Å². The first-order valence-corrected chi connectivity index (χ1v) is 8.19. The largest absolute Gasteiger partial charge is 0.345 e. The first-order chi connectivity index (χ1) is 12.3. The predicted octanol–water partition coefficient (Wildman–Crippen LogP) is 3.15. The second kappa shape index (κ2) is 8.18. The topological polar surface area (TPSA) is 86.1 Å². The summed E-state index contributed by atoms with van der Waals surface area (Å²) in [4.78, 5) is 19.2. The van der Waals surface area contributed by atoms with Crippen molar-refractivity contribution in [1.29, 1.82) is 0 Å². The van der Waals surface area contributed by atoms with Crippen LogP contribution < -0.4 is 10.8 Å². The molecule has 1 aliphatic carbocycles. The van der Waals surface area contributed by atoms with Crippen molar-refractivity contribution in [3.05, 3.63) is 47.7 Å². The molecule has 1 saturated carbocycles. The second-order valence-corrected chi connectivity index (χ2v) is 6.29. The van der Waals surface area contributed by atoms with Crippen LogP contribution in [0.1, 0.15) is 38.2 Å². The molecule has 1 fully saturated rings. The Labute approximate surface area is 150 Å². The van der Waals surface area contributed by atoms with Crippen molar-refractivity contribution in [2.75, 3.05) is 0 Å². The fourth-order valence-corrected chi connectivity index (χ4v) is 2.92. The summed E-state index contributed by atoms with van der Waals surface area (Å²) in [6.07, 6.45) is 1.14. The average molecular weight is 364 g/mol. The Kier molecular flexibility index (Phi) is 6.20. The van der Waals surface area contributed by atoms with Gasteiger partial charge in [-0.1, -0.05) is 30.3 Å². The molecule has 0 bridgehead atoms. The summed E-state index contributed by atoms with van der Waals surface area (Å²) < 4.78 is 27.4. The second-order valence-electron chi connectivity index (χ2n) is 6.29. The van der Waals surface area contributed by atoms with Gasteiger partial charge in [0.2, 0.25) is 11.9 Å². The van der Waals surface area contributed by atoms with Crippen molar-refractivity contribution < 1.29 is 18.8 Å². The molecule has 140 valence electrons. The van der Waals surface area contributed by atoms with E-state index in [1.54, 1.807) is 0 Å². The molecule has 0 spiro atoms. The Morgan fingerprint density at radius 3 is 2.38 bits per heavy atom. The number of amides is 1. The van der Waals surface area contributed by atoms with E-state index in [2.05, 4.69) is 22.0 Å². The van der Waals surface area contributed by atoms with Gasteiger partial charge in [-0.15, -0.1) is 0 Å². The number of halogens is 2. The molecule has 8 heteroatoms. The molecular weight excluding hydrogens is 342 g/mol. The van der Waals surface area contributed by atoms with E-state index in [0.717, 1.165) is 5.56 Å². The lowest BCUT2D eigenvalue weighted by Gasteiger charge is -2.41. The maximum atomic E-state index is 13.7. The van der Waals surface area contributed by atoms with Gasteiger partial charge in [-0.05, 0) is 32.0 Å². The third-order valence-corrected chi connectivity index (χ3v) is 4.50. The van der Waals surface area contributed by atoms with Crippen LogP contribution in [0.3, 0.4) is 0 Å². The molecule has 0 aliphatic heterocycles. The van der Waals surface area contributed by atoms with E-state index in [-0.39, 0.29) is 37.2 Å². The maximum absolute atomic E-state index is 13.7. The number of aliphatic imine (C=N–C) groups is 2. The number of carbonyl (C=O) groups is 1. The molecule has 6 nitrogen and oxygen atoms in total. The van der Waals surface area contributed by atoms with Gasteiger partial charge in [0.1, 0.15) is 0 Å². The average Bonchev–Trinajstić information content (AvgIpc) is 2.66. The molecule has 0 aromatic heterocycles. The van der Waals surface area contributed by atoms with E-state index >= 15 is 0 Å². The molecular formula is C18H22F2N4O2. The van der Waals surface area contributed by atoms with E-state index in [1.807, 2.05) is 30.3 Å². The molecule has 1 amide bonds. The molecule has 0 unspecified atom stereocenters. The first kappa shape index (κ1) is 19.7. The van der Waals surface area contributed by atoms with Gasteiger partial charge in [0.05, 0.1) is 5.54 Å². The van der Waals surface area contributed by atoms with E-state index in [1.165, 1.54) is 18.6 Å². The minimum atomic E-state index is -2.69. The number of nitrogens with zero attached hydrogens (tertiary/aromatic N) is 2. The summed E-state index contributed by atoms with van der Waals surface area (Å²) in [5.41, 5.74) is 1.77. The smallest absolute Gasteiger partial charge is 0.271 e. The van der Waals surface area contributed by atoms with Crippen LogP contribution in [-0.2, 0) is 10.3 Å². The summed E-state index contributed by atoms with van der Waals surface area (Å²) >= 11 is 0. The van der Waals surface area contributed by atoms with Crippen LogP contribution in [0.15, 0.2) is 52.1 Å². The highest BCUT2D eigenvalue weighted by Gasteiger charge is 2.44. The van der Waals surface area contributed by atoms with Crippen LogP contribution in [0, 0.1) is 0 Å². The first-order valence-electron chi connectivity index (χ1n) is 8.19. The normalized spacial score (nSPS) is 19.5. The van der Waals surface area contributed by atoms with E-state index in [0.29, 0.717) is 0 Å². The molecule has 2 rings (SSSR count). The van der Waals surface area contributed by atoms with Crippen molar-refractivity contribution in [3.63, 3.8) is 0 Å². The number of rotatable bonds is 4. The highest BCUT2D eigenvalue weighted by Crippen LogP contribution is 2.43. The van der Waals surface area contributed by atoms with Crippen LogP contribution >= 0.6 is 0 Å². The third kappa shape index (κ3) is 4.72. The van der Waals surface area contributed by atoms with Gasteiger partial charge in [-0.25, -0.2) is 24.2 Å². The fourth-order valence-electron chi connectivity index (χ4n) is 2.92. The lowest BCUT2D eigenvalue weighted by Crippen LogP contribution is -2.49. The standard InChI is InChI=1S/C18H22F2N4O2/c1-13(15(25)24-26)12-22-16(21-2)23-17(14-6-4-3-5-7-14)8-10-18(19,20)11-9-17/h3-7,12,26H,2,8-11H2,1H3,(H,22,23)(H,24,25)/b13-12+. The molecule has 0 saturated heterocycles. The van der Waals surface area contributed by atoms with Crippen molar-refractivity contribution >= 4 is 18.6 Å². The van der Waals surface area contributed by atoms with Crippen LogP contribution in [0.25, 0.3) is 0 Å². The van der Waals surface area contributed by atoms with Crippen molar-refractivity contribution in [1.82, 2.24) is 10.8 Å². The zero-order chi connectivity index (χ0) is 19.2. The maximum Gasteiger partial charge on any atom is 0.271 e. The van der Waals surface area contributed by atoms with Crippen molar-refractivity contribution in [2.45, 2.75) is 44.1 Å². The van der Waals surface area contributed by atoms with Gasteiger partial charge in [-0.2, -0.15) is 0 Å². The summed E-state index contributed by atoms with van der Waals surface area (Å²) in [5.74, 6) is -3.27. The predicted molar refractivity (Wildman–Crippen MR) is 95.3 cm³/mol. The van der Waals surface area contributed by atoms with Gasteiger partial charge in [-0.3, -0.25) is 10.0 Å². The zero-order valence-electron chi connectivity index (χ0n) is 14.5. The van der Waals surface area contributed by atoms with Gasteiger partial charge < -0.3 is 5.32 Å². The number of carbonyl (C=O) groups excluding carboxylic acids is 1. The van der Waals surface area contributed by atoms with Crippen molar-refractivity contribution in [3.8, 4) is 0 Å². The quantitative estimate of drug-likeness (QED) is 0.252. The third-order valence-electron chi connectivity index (χ3n) is 4.50. The van der Waals surface area contributed by atoms with E-state index < -0.39 is 17.4 Å². The van der Waals surface area contributed by atoms with Gasteiger partial charge in [0.15, 0.2) is 0 Å². The summed E-state index contributed by atoms with van der Waals surface area (Å²) in [5, 5.41) is 11.8. The number of hydrogen-bond acceptors (Lipinski definition) is 3. The Morgan fingerprint density at radius 2 is 1.85 bits per heavy atom. The van der Waals surface area contributed by atoms with Gasteiger partial charge >= 0.3 is 0 Å². The highest BCUT2D eigenvalue weighted by molar-refractivity contribution is 5.92. The van der Waals surface area contributed by atoms with Gasteiger partial charge in [0.25, 0.3) is 5.91 Å². The molecule has 0 heterocycles. The number of nitrogens with one attached hydrogen (secondary N) is 2. The molecule has 1 aliphatic rings. The summed E-state index contributed by atoms with van der Waals surface area (Å²) in [6.45, 7) is 4.91. The minimum absolute atomic E-state index is 0.115. The molecule has 26 heavy (non-hydrogen) atoms. The van der Waals surface area contributed by atoms with Crippen LogP contribution in [0.2, 0.25) is 0 Å². The Balaban J connectivity index is 2.32. The molecule has 1 aromatic carbocycles. The number of guanidine groups is 1. The fraction of sp³-hybridized carbons (Fsp3) is 0.389. The number of benzene rings is 1. The highest BCUT2D eigenvalue weighted by atomic mass is 19.3. The molecule has 1 aromatic rings. The molecule has 0 atom stereocenters. The molecule has 0 radical (unpaired) electrons. The Hall–Kier alpha value is -2.61. The zero-order valence-corrected chi connectivity index (χ0v) is 14.5. The Bertz CT molecular complexity index is 707. The van der Waals surface area contributed by atoms with E-state index in [4.69, 9.17) is 5.21 Å². The van der Waals surface area contributed by atoms with Crippen LogP contribution in [-0.4, -0.2) is 29.7 Å². The Morgan fingerprint density at radius 1 is 1.23 bits per heavy atom. The lowest BCUT2D eigenvalue weighted by atomic mass is 9.75. The summed E-state index contributed by atoms with van der Waals surface area (Å²) in [6, 6.07) is 9.29. The number of alkyl halides is 2. The number of hydrogen-bond donors (Lipinski definition) is 3. The van der Waals surface area contributed by atoms with E-state index in [9.17, 15) is 13.6 Å². The van der Waals surface area contributed by atoms with Gasteiger partial charge in [0, 0.05) is 24.6 Å². The molecule has 3 N–H and O–H groups in total. The monoisotopic (exact) mass is 364 g/mol. The summed E-state index contributed by atoms with van der Waals surface area (Å²) in [7, 11) is 0.